The molecule has 0 saturated carbocycles. The van der Waals surface area contributed by atoms with Gasteiger partial charge in [-0.2, -0.15) is 0 Å². The highest BCUT2D eigenvalue weighted by Gasteiger charge is 2.26. The van der Waals surface area contributed by atoms with Crippen LogP contribution in [-0.4, -0.2) is 36.6 Å². The Morgan fingerprint density at radius 2 is 1.74 bits per heavy atom. The fourth-order valence-electron chi connectivity index (χ4n) is 5.18. The van der Waals surface area contributed by atoms with E-state index >= 15 is 4.39 Å². The molecule has 222 valence electrons. The molecule has 0 saturated heterocycles. The molecule has 0 atom stereocenters. The van der Waals surface area contributed by atoms with Gasteiger partial charge in [-0.3, -0.25) is 0 Å². The lowest BCUT2D eigenvalue weighted by Gasteiger charge is -2.17. The number of pyridine rings is 1. The molecule has 4 aromatic heterocycles. The van der Waals surface area contributed by atoms with Crippen LogP contribution in [0.3, 0.4) is 0 Å². The Morgan fingerprint density at radius 3 is 2.47 bits per heavy atom. The summed E-state index contributed by atoms with van der Waals surface area (Å²) in [6.45, 7) is 8.41. The van der Waals surface area contributed by atoms with E-state index in [9.17, 15) is 17.6 Å². The SMILES string of the molecule is Cc1cc2oc(=O)c3cc(-c4ccnc5c4ccn5S(=O)(=O)c4ccccc4)n(COCC[Si](C)(C)C)c3c2c(F)c1F. The molecular formula is C31H29F2N3O5SSi. The van der Waals surface area contributed by atoms with E-state index in [0.29, 0.717) is 23.3 Å². The molecule has 0 unspecified atom stereocenters. The summed E-state index contributed by atoms with van der Waals surface area (Å²) in [5.74, 6) is -2.16. The summed E-state index contributed by atoms with van der Waals surface area (Å²) < 4.78 is 71.6. The summed E-state index contributed by atoms with van der Waals surface area (Å²) in [5.41, 5.74) is 0.470. The lowest BCUT2D eigenvalue weighted by Crippen LogP contribution is -2.22. The van der Waals surface area contributed by atoms with Crippen LogP contribution in [0.25, 0.3) is 44.2 Å². The molecule has 0 N–H and O–H groups in total. The first-order chi connectivity index (χ1) is 20.4. The second-order valence-corrected chi connectivity index (χ2v) is 19.1. The average Bonchev–Trinajstić information content (AvgIpc) is 3.57. The molecule has 4 heterocycles. The van der Waals surface area contributed by atoms with Crippen molar-refractivity contribution in [3.63, 3.8) is 0 Å². The lowest BCUT2D eigenvalue weighted by atomic mass is 10.1. The number of halogens is 2. The summed E-state index contributed by atoms with van der Waals surface area (Å²) in [5, 5.41) is 0.344. The first kappa shape index (κ1) is 29.0. The number of rotatable bonds is 8. The van der Waals surface area contributed by atoms with E-state index in [2.05, 4.69) is 24.6 Å². The molecule has 12 heteroatoms. The molecule has 0 aliphatic heterocycles. The van der Waals surface area contributed by atoms with Crippen molar-refractivity contribution in [1.82, 2.24) is 13.5 Å². The Kier molecular flexibility index (Phi) is 7.10. The van der Waals surface area contributed by atoms with Gasteiger partial charge in [-0.15, -0.1) is 0 Å². The number of hydrogen-bond acceptors (Lipinski definition) is 6. The third-order valence-corrected chi connectivity index (χ3v) is 10.8. The van der Waals surface area contributed by atoms with Crippen molar-refractivity contribution in [2.75, 3.05) is 6.61 Å². The molecule has 2 aromatic carbocycles. The van der Waals surface area contributed by atoms with Gasteiger partial charge in [0.15, 0.2) is 17.3 Å². The highest BCUT2D eigenvalue weighted by atomic mass is 32.2. The second-order valence-electron chi connectivity index (χ2n) is 11.7. The zero-order chi connectivity index (χ0) is 30.7. The molecule has 0 radical (unpaired) electrons. The van der Waals surface area contributed by atoms with Crippen molar-refractivity contribution in [3.8, 4) is 11.3 Å². The summed E-state index contributed by atoms with van der Waals surface area (Å²) >= 11 is 0. The van der Waals surface area contributed by atoms with Crippen LogP contribution < -0.4 is 5.63 Å². The van der Waals surface area contributed by atoms with Crippen LogP contribution in [0.2, 0.25) is 25.7 Å². The maximum Gasteiger partial charge on any atom is 0.345 e. The maximum atomic E-state index is 15.5. The molecule has 0 amide bonds. The van der Waals surface area contributed by atoms with Crippen LogP contribution in [0, 0.1) is 18.6 Å². The maximum absolute atomic E-state index is 15.5. The van der Waals surface area contributed by atoms with Gasteiger partial charge in [0.1, 0.15) is 12.3 Å². The van der Waals surface area contributed by atoms with Crippen LogP contribution in [-0.2, 0) is 21.5 Å². The third-order valence-electron chi connectivity index (χ3n) is 7.46. The van der Waals surface area contributed by atoms with E-state index in [0.717, 1.165) is 10.0 Å². The van der Waals surface area contributed by atoms with E-state index in [-0.39, 0.29) is 44.7 Å². The number of fused-ring (bicyclic) bond motifs is 4. The zero-order valence-electron chi connectivity index (χ0n) is 24.0. The highest BCUT2D eigenvalue weighted by molar-refractivity contribution is 7.90. The van der Waals surface area contributed by atoms with Crippen LogP contribution in [0.15, 0.2) is 81.1 Å². The van der Waals surface area contributed by atoms with E-state index in [1.165, 1.54) is 43.6 Å². The van der Waals surface area contributed by atoms with E-state index in [1.54, 1.807) is 34.9 Å². The normalized spacial score (nSPS) is 12.6. The van der Waals surface area contributed by atoms with Crippen LogP contribution >= 0.6 is 0 Å². The monoisotopic (exact) mass is 621 g/mol. The standard InChI is InChI=1S/C31H29F2N3O5SSi/c1-19-16-25-26(28(33)27(19)32)29-23(31(37)41-25)17-24(35(29)18-40-14-15-43(2,3)4)21-10-12-34-30-22(21)11-13-36(30)42(38,39)20-8-6-5-7-9-20/h5-13,16-17H,14-15,18H2,1-4H3. The largest absolute Gasteiger partial charge is 0.422 e. The van der Waals surface area contributed by atoms with Crippen molar-refractivity contribution in [3.05, 3.63) is 94.6 Å². The molecular weight excluding hydrogens is 593 g/mol. The molecule has 6 aromatic rings. The van der Waals surface area contributed by atoms with Crippen molar-refractivity contribution in [1.29, 1.82) is 0 Å². The Balaban J connectivity index is 1.61. The number of hydrogen-bond donors (Lipinski definition) is 0. The Hall–Kier alpha value is -4.13. The molecule has 0 aliphatic rings. The number of benzene rings is 2. The highest BCUT2D eigenvalue weighted by Crippen LogP contribution is 2.37. The first-order valence-corrected chi connectivity index (χ1v) is 18.8. The predicted octanol–water partition coefficient (Wildman–Crippen LogP) is 6.90. The predicted molar refractivity (Wildman–Crippen MR) is 164 cm³/mol. The van der Waals surface area contributed by atoms with Gasteiger partial charge < -0.3 is 13.7 Å². The fourth-order valence-corrected chi connectivity index (χ4v) is 7.26. The molecule has 0 spiro atoms. The van der Waals surface area contributed by atoms with Crippen LogP contribution in [0.5, 0.6) is 0 Å². The van der Waals surface area contributed by atoms with Gasteiger partial charge in [-0.25, -0.2) is 30.9 Å². The lowest BCUT2D eigenvalue weighted by molar-refractivity contribution is 0.0914. The van der Waals surface area contributed by atoms with Crippen LogP contribution in [0.1, 0.15) is 5.56 Å². The van der Waals surface area contributed by atoms with Gasteiger partial charge >= 0.3 is 5.63 Å². The van der Waals surface area contributed by atoms with E-state index in [1.807, 2.05) is 0 Å². The second kappa shape index (κ2) is 10.5. The van der Waals surface area contributed by atoms with Gasteiger partial charge in [-0.1, -0.05) is 37.8 Å². The van der Waals surface area contributed by atoms with Gasteiger partial charge in [0.2, 0.25) is 0 Å². The summed E-state index contributed by atoms with van der Waals surface area (Å²) in [6.07, 6.45) is 2.88. The van der Waals surface area contributed by atoms with Crippen molar-refractivity contribution < 1.29 is 26.4 Å². The Bertz CT molecular complexity index is 2200. The van der Waals surface area contributed by atoms with Gasteiger partial charge in [0.05, 0.1) is 26.9 Å². The number of aromatic nitrogens is 3. The number of aryl methyl sites for hydroxylation is 1. The minimum atomic E-state index is -3.97. The Morgan fingerprint density at radius 1 is 1.00 bits per heavy atom. The van der Waals surface area contributed by atoms with E-state index in [4.69, 9.17) is 9.15 Å². The van der Waals surface area contributed by atoms with E-state index < -0.39 is 35.4 Å². The van der Waals surface area contributed by atoms with Gasteiger partial charge in [0, 0.05) is 38.0 Å². The smallest absolute Gasteiger partial charge is 0.345 e. The molecule has 43 heavy (non-hydrogen) atoms. The van der Waals surface area contributed by atoms with Crippen molar-refractivity contribution in [2.45, 2.75) is 44.2 Å². The first-order valence-electron chi connectivity index (χ1n) is 13.7. The molecule has 0 bridgehead atoms. The minimum absolute atomic E-state index is 0.00835. The van der Waals surface area contributed by atoms with Crippen molar-refractivity contribution >= 4 is 51.0 Å². The summed E-state index contributed by atoms with van der Waals surface area (Å²) in [4.78, 5) is 17.7. The van der Waals surface area contributed by atoms with Gasteiger partial charge in [-0.05, 0) is 54.9 Å². The number of ether oxygens (including phenoxy) is 1. The van der Waals surface area contributed by atoms with Gasteiger partial charge in [0.25, 0.3) is 10.0 Å². The quantitative estimate of drug-likeness (QED) is 0.104. The molecule has 0 fully saturated rings. The average molecular weight is 622 g/mol. The molecule has 8 nitrogen and oxygen atoms in total. The topological polar surface area (TPSA) is 96.3 Å². The minimum Gasteiger partial charge on any atom is -0.422 e. The summed E-state index contributed by atoms with van der Waals surface area (Å²) in [6, 6.07) is 15.0. The van der Waals surface area contributed by atoms with Crippen LogP contribution in [0.4, 0.5) is 8.78 Å². The Labute approximate surface area is 247 Å². The third kappa shape index (κ3) is 4.98. The molecule has 0 aliphatic carbocycles. The zero-order valence-corrected chi connectivity index (χ0v) is 25.8. The molecule has 6 rings (SSSR count). The summed E-state index contributed by atoms with van der Waals surface area (Å²) in [7, 11) is -5.41. The fraction of sp³-hybridized carbons (Fsp3) is 0.226. The van der Waals surface area contributed by atoms with Crippen molar-refractivity contribution in [2.24, 2.45) is 0 Å². The number of nitrogens with zero attached hydrogens (tertiary/aromatic N) is 3.